The number of aromatic nitrogens is 2. The van der Waals surface area contributed by atoms with E-state index in [-0.39, 0.29) is 10.9 Å². The molecule has 0 N–H and O–H groups in total. The van der Waals surface area contributed by atoms with Crippen molar-refractivity contribution in [2.45, 2.75) is 323 Å². The van der Waals surface area contributed by atoms with Crippen LogP contribution in [0.1, 0.15) is 310 Å². The van der Waals surface area contributed by atoms with Crippen molar-refractivity contribution in [3.8, 4) is 0 Å². The van der Waals surface area contributed by atoms with Gasteiger partial charge in [0.2, 0.25) is 0 Å². The molecule has 0 saturated carbocycles. The Bertz CT molecular complexity index is 2330. The van der Waals surface area contributed by atoms with Gasteiger partial charge in [-0.3, -0.25) is 9.59 Å². The Morgan fingerprint density at radius 2 is 0.526 bits per heavy atom. The summed E-state index contributed by atoms with van der Waals surface area (Å²) in [6.07, 6.45) is 59.4. The lowest BCUT2D eigenvalue weighted by atomic mass is 9.90. The summed E-state index contributed by atoms with van der Waals surface area (Å²) in [5.41, 5.74) is 3.86. The molecule has 0 amide bonds. The van der Waals surface area contributed by atoms with Crippen molar-refractivity contribution >= 4 is 75.5 Å². The Morgan fingerprint density at radius 3 is 0.795 bits per heavy atom. The molecule has 0 aliphatic rings. The third kappa shape index (κ3) is 23.8. The van der Waals surface area contributed by atoms with Gasteiger partial charge in [-0.25, -0.2) is 0 Å². The van der Waals surface area contributed by atoms with Gasteiger partial charge in [-0.05, 0) is 86.1 Å². The van der Waals surface area contributed by atoms with Gasteiger partial charge < -0.3 is 9.13 Å². The second-order valence-electron chi connectivity index (χ2n) is 24.7. The molecule has 0 spiro atoms. The van der Waals surface area contributed by atoms with Gasteiger partial charge in [-0.15, -0.1) is 0 Å². The van der Waals surface area contributed by atoms with Crippen LogP contribution >= 0.6 is 31.9 Å². The summed E-state index contributed by atoms with van der Waals surface area (Å²) >= 11 is 7.49. The topological polar surface area (TPSA) is 44.0 Å². The number of hydrogen-bond donors (Lipinski definition) is 0. The van der Waals surface area contributed by atoms with E-state index < -0.39 is 0 Å². The van der Waals surface area contributed by atoms with Crippen LogP contribution in [0.25, 0.3) is 43.6 Å². The summed E-state index contributed by atoms with van der Waals surface area (Å²) in [6.45, 7) is 10.9. The summed E-state index contributed by atoms with van der Waals surface area (Å²) in [4.78, 5) is 29.7. The zero-order valence-corrected chi connectivity index (χ0v) is 53.9. The maximum absolute atomic E-state index is 14.9. The molecule has 5 rings (SSSR count). The Kier molecular flexibility index (Phi) is 34.6. The molecule has 0 radical (unpaired) electrons. The fraction of sp³-hybridized carbons (Fsp3) is 0.722. The molecule has 0 fully saturated rings. The Labute approximate surface area is 494 Å². The number of fused-ring (bicyclic) bond motifs is 4. The van der Waals surface area contributed by atoms with Crippen molar-refractivity contribution in [1.82, 2.24) is 9.13 Å². The molecule has 3 aromatic carbocycles. The van der Waals surface area contributed by atoms with Crippen molar-refractivity contribution in [3.05, 3.63) is 77.9 Å². The first-order valence-electron chi connectivity index (χ1n) is 33.7. The fourth-order valence-corrected chi connectivity index (χ4v) is 13.9. The number of pyridine rings is 2. The van der Waals surface area contributed by atoms with Crippen LogP contribution in [-0.4, -0.2) is 9.13 Å². The van der Waals surface area contributed by atoms with Crippen LogP contribution in [0.15, 0.2) is 67.1 Å². The van der Waals surface area contributed by atoms with Crippen LogP contribution in [0.4, 0.5) is 0 Å². The van der Waals surface area contributed by atoms with Crippen LogP contribution in [-0.2, 0) is 13.1 Å². The van der Waals surface area contributed by atoms with Gasteiger partial charge >= 0.3 is 0 Å². The zero-order chi connectivity index (χ0) is 55.4. The van der Waals surface area contributed by atoms with Gasteiger partial charge in [0.25, 0.3) is 0 Å². The van der Waals surface area contributed by atoms with Gasteiger partial charge in [-0.2, -0.15) is 0 Å². The second-order valence-corrected chi connectivity index (χ2v) is 26.5. The first kappa shape index (κ1) is 66.4. The van der Waals surface area contributed by atoms with Crippen molar-refractivity contribution in [2.75, 3.05) is 0 Å². The number of aryl methyl sites for hydroxylation is 2. The van der Waals surface area contributed by atoms with E-state index in [1.54, 1.807) is 0 Å². The number of benzene rings is 3. The number of rotatable bonds is 48. The summed E-state index contributed by atoms with van der Waals surface area (Å²) in [5, 5.41) is 2.97. The lowest BCUT2D eigenvalue weighted by molar-refractivity contribution is 0.364. The molecule has 0 saturated heterocycles. The molecule has 0 aliphatic heterocycles. The average Bonchev–Trinajstić information content (AvgIpc) is 3.62. The lowest BCUT2D eigenvalue weighted by Gasteiger charge is -2.21. The van der Waals surface area contributed by atoms with Gasteiger partial charge in [0, 0.05) is 43.6 Å². The maximum Gasteiger partial charge on any atom is 0.197 e. The molecule has 78 heavy (non-hydrogen) atoms. The maximum atomic E-state index is 14.9. The molecule has 438 valence electrons. The highest BCUT2D eigenvalue weighted by atomic mass is 79.9. The van der Waals surface area contributed by atoms with E-state index in [2.05, 4.69) is 105 Å². The Hall–Kier alpha value is -2.44. The fourth-order valence-electron chi connectivity index (χ4n) is 13.2. The predicted molar refractivity (Wildman–Crippen MR) is 353 cm³/mol. The lowest BCUT2D eigenvalue weighted by Crippen LogP contribution is -2.16. The van der Waals surface area contributed by atoms with Crippen molar-refractivity contribution in [1.29, 1.82) is 0 Å². The van der Waals surface area contributed by atoms with E-state index in [0.29, 0.717) is 0 Å². The molecule has 6 heteroatoms. The molecule has 0 bridgehead atoms. The predicted octanol–water partition coefficient (Wildman–Crippen LogP) is 24.6. The molecular formula is C72H114Br2N2O2. The highest BCUT2D eigenvalue weighted by Gasteiger charge is 2.19. The quantitative estimate of drug-likeness (QED) is 0.0288. The third-order valence-corrected chi connectivity index (χ3v) is 19.0. The molecular weight excluding hydrogens is 1080 g/mol. The minimum absolute atomic E-state index is 0.0600. The van der Waals surface area contributed by atoms with E-state index >= 15 is 0 Å². The van der Waals surface area contributed by atoms with Gasteiger partial charge in [0.05, 0.1) is 22.1 Å². The van der Waals surface area contributed by atoms with Crippen LogP contribution in [0.3, 0.4) is 0 Å². The van der Waals surface area contributed by atoms with E-state index in [4.69, 9.17) is 0 Å². The average molecular weight is 1200 g/mol. The van der Waals surface area contributed by atoms with Crippen LogP contribution in [0.2, 0.25) is 0 Å². The number of unbranched alkanes of at least 4 members (excludes halogenated alkanes) is 32. The minimum Gasteiger partial charge on any atom is -0.340 e. The number of hydrogen-bond acceptors (Lipinski definition) is 2. The molecule has 2 atom stereocenters. The monoisotopic (exact) mass is 1200 g/mol. The van der Waals surface area contributed by atoms with Crippen LogP contribution in [0, 0.1) is 11.8 Å². The number of halogens is 2. The summed E-state index contributed by atoms with van der Waals surface area (Å²) in [5.74, 6) is 1.47. The van der Waals surface area contributed by atoms with E-state index in [1.165, 1.54) is 270 Å². The normalized spacial score (nSPS) is 12.8. The number of nitrogens with zero attached hydrogens (tertiary/aromatic N) is 2. The summed E-state index contributed by atoms with van der Waals surface area (Å²) < 4.78 is 6.66. The molecule has 0 aliphatic carbocycles. The highest BCUT2D eigenvalue weighted by molar-refractivity contribution is 9.10. The highest BCUT2D eigenvalue weighted by Crippen LogP contribution is 2.32. The minimum atomic E-state index is 0.0600. The van der Waals surface area contributed by atoms with Crippen molar-refractivity contribution < 1.29 is 0 Å². The van der Waals surface area contributed by atoms with Gasteiger partial charge in [0.15, 0.2) is 10.9 Å². The molecule has 2 unspecified atom stereocenters. The van der Waals surface area contributed by atoms with Crippen molar-refractivity contribution in [3.63, 3.8) is 0 Å². The van der Waals surface area contributed by atoms with Crippen LogP contribution < -0.4 is 10.9 Å². The first-order valence-corrected chi connectivity index (χ1v) is 35.3. The SMILES string of the molecule is CCCCCCCCCCCCC(CCCCCCCCCC)CCCn1c2ccc(Br)cc2c(=O)c2cc3c(cc21)c(=O)c1cc(Br)ccc1n3CCCC(CCCCCCCCCC)CCCCCCCCCCCC. The molecule has 4 nitrogen and oxygen atoms in total. The molecule has 5 aromatic rings. The Morgan fingerprint density at radius 1 is 0.295 bits per heavy atom. The third-order valence-electron chi connectivity index (χ3n) is 18.0. The first-order chi connectivity index (χ1) is 38.3. The molecule has 2 heterocycles. The summed E-state index contributed by atoms with van der Waals surface area (Å²) in [7, 11) is 0. The van der Waals surface area contributed by atoms with Crippen LogP contribution in [0.5, 0.6) is 0 Å². The van der Waals surface area contributed by atoms with Crippen molar-refractivity contribution in [2.24, 2.45) is 11.8 Å². The smallest absolute Gasteiger partial charge is 0.197 e. The Balaban J connectivity index is 1.36. The zero-order valence-electron chi connectivity index (χ0n) is 50.8. The van der Waals surface area contributed by atoms with Gasteiger partial charge in [-0.1, -0.05) is 316 Å². The summed E-state index contributed by atoms with van der Waals surface area (Å²) in [6, 6.07) is 16.7. The molecule has 2 aromatic heterocycles. The van der Waals surface area contributed by atoms with E-state index in [1.807, 2.05) is 12.1 Å². The van der Waals surface area contributed by atoms with E-state index in [9.17, 15) is 9.59 Å². The van der Waals surface area contributed by atoms with Gasteiger partial charge in [0.1, 0.15) is 0 Å². The second kappa shape index (κ2) is 40.7. The standard InChI is InChI=1S/C72H114Br2N2O2/c1-5-9-13-17-21-25-27-31-35-39-45-59(43-37-33-29-23-19-15-11-7-3)47-41-53-75-67-51-49-61(73)55-63(67)71(77)65-58-70-66(57-69(65)75)72(78)64-56-62(74)50-52-68(64)76(70)54-42-48-60(44-38-34-30-24-20-16-12-8-4)46-40-36-32-28-26-22-18-14-10-6-2/h49-52,55-60H,5-48,53-54H2,1-4H3. The largest absolute Gasteiger partial charge is 0.340 e. The van der Waals surface area contributed by atoms with E-state index in [0.717, 1.165) is 90.3 Å².